The third-order valence-electron chi connectivity index (χ3n) is 2.94. The lowest BCUT2D eigenvalue weighted by Crippen LogP contribution is -2.36. The minimum absolute atomic E-state index is 0.337. The van der Waals surface area contributed by atoms with Crippen molar-refractivity contribution in [1.29, 1.82) is 0 Å². The van der Waals surface area contributed by atoms with Crippen LogP contribution in [0.5, 0.6) is 0 Å². The molecule has 1 unspecified atom stereocenters. The predicted molar refractivity (Wildman–Crippen MR) is 67.1 cm³/mol. The molecule has 0 heterocycles. The van der Waals surface area contributed by atoms with Gasteiger partial charge >= 0.3 is 0 Å². The van der Waals surface area contributed by atoms with Gasteiger partial charge in [-0.05, 0) is 43.5 Å². The Hall–Kier alpha value is -0.190. The highest BCUT2D eigenvalue weighted by molar-refractivity contribution is 9.10. The van der Waals surface area contributed by atoms with Crippen molar-refractivity contribution in [2.75, 3.05) is 7.05 Å². The van der Waals surface area contributed by atoms with Gasteiger partial charge in [-0.2, -0.15) is 0 Å². The molecule has 0 saturated heterocycles. The lowest BCUT2D eigenvalue weighted by molar-refractivity contribution is 0.423. The van der Waals surface area contributed by atoms with Gasteiger partial charge in [-0.25, -0.2) is 8.93 Å². The molecule has 2 nitrogen and oxygen atoms in total. The van der Waals surface area contributed by atoms with Crippen LogP contribution >= 0.6 is 15.9 Å². The molecule has 82 valence electrons. The standard InChI is InChI=1S/C11H14BrNOS/c1-13-15(14)11-6-9(7-11)8-2-4-10(12)5-3-8/h2-5,9,11,13H,6-7H2,1H3. The van der Waals surface area contributed by atoms with Gasteiger partial charge in [0.05, 0.1) is 16.2 Å². The highest BCUT2D eigenvalue weighted by Gasteiger charge is 2.33. The highest BCUT2D eigenvalue weighted by atomic mass is 79.9. The normalized spacial score (nSPS) is 27.1. The zero-order chi connectivity index (χ0) is 10.8. The molecule has 0 radical (unpaired) electrons. The van der Waals surface area contributed by atoms with Crippen LogP contribution in [0, 0.1) is 0 Å². The maximum Gasteiger partial charge on any atom is 0.0944 e. The summed E-state index contributed by atoms with van der Waals surface area (Å²) >= 11 is 3.42. The van der Waals surface area contributed by atoms with Crippen molar-refractivity contribution >= 4 is 26.9 Å². The van der Waals surface area contributed by atoms with Gasteiger partial charge in [-0.1, -0.05) is 28.1 Å². The number of hydrogen-bond acceptors (Lipinski definition) is 1. The van der Waals surface area contributed by atoms with E-state index < -0.39 is 11.0 Å². The summed E-state index contributed by atoms with van der Waals surface area (Å²) < 4.78 is 15.3. The SMILES string of the molecule is CNS(=O)C1CC(c2ccc(Br)cc2)C1. The van der Waals surface area contributed by atoms with Crippen LogP contribution in [0.15, 0.2) is 28.7 Å². The van der Waals surface area contributed by atoms with Crippen LogP contribution in [-0.4, -0.2) is 16.5 Å². The highest BCUT2D eigenvalue weighted by Crippen LogP contribution is 2.39. The van der Waals surface area contributed by atoms with Crippen molar-refractivity contribution in [3.05, 3.63) is 34.3 Å². The van der Waals surface area contributed by atoms with Crippen LogP contribution in [0.25, 0.3) is 0 Å². The summed E-state index contributed by atoms with van der Waals surface area (Å²) in [5.74, 6) is 0.598. The molecule has 0 spiro atoms. The first-order valence-corrected chi connectivity index (χ1v) is 7.04. The molecule has 0 amide bonds. The molecule has 0 aromatic heterocycles. The molecule has 0 bridgehead atoms. The van der Waals surface area contributed by atoms with E-state index in [0.717, 1.165) is 17.3 Å². The van der Waals surface area contributed by atoms with Gasteiger partial charge in [0.15, 0.2) is 0 Å². The van der Waals surface area contributed by atoms with Crippen LogP contribution in [0.2, 0.25) is 0 Å². The third-order valence-corrected chi connectivity index (χ3v) is 4.86. The van der Waals surface area contributed by atoms with Crippen molar-refractivity contribution in [2.45, 2.75) is 24.0 Å². The topological polar surface area (TPSA) is 29.1 Å². The van der Waals surface area contributed by atoms with Crippen LogP contribution in [0.3, 0.4) is 0 Å². The Morgan fingerprint density at radius 1 is 1.33 bits per heavy atom. The lowest BCUT2D eigenvalue weighted by atomic mass is 9.79. The smallest absolute Gasteiger partial charge is 0.0944 e. The first kappa shape index (κ1) is 11.3. The Kier molecular flexibility index (Phi) is 3.59. The van der Waals surface area contributed by atoms with Gasteiger partial charge in [0, 0.05) is 4.47 Å². The zero-order valence-corrected chi connectivity index (χ0v) is 11.0. The molecule has 4 heteroatoms. The van der Waals surface area contributed by atoms with E-state index in [-0.39, 0.29) is 0 Å². The first-order valence-electron chi connectivity index (χ1n) is 5.04. The average molecular weight is 288 g/mol. The van der Waals surface area contributed by atoms with Crippen molar-refractivity contribution in [3.63, 3.8) is 0 Å². The second kappa shape index (κ2) is 4.76. The minimum atomic E-state index is -0.843. The Morgan fingerprint density at radius 3 is 2.47 bits per heavy atom. The van der Waals surface area contributed by atoms with E-state index in [1.807, 2.05) is 0 Å². The number of benzene rings is 1. The van der Waals surface area contributed by atoms with Gasteiger partial charge in [0.2, 0.25) is 0 Å². The van der Waals surface area contributed by atoms with Crippen LogP contribution < -0.4 is 4.72 Å². The largest absolute Gasteiger partial charge is 0.243 e. The zero-order valence-electron chi connectivity index (χ0n) is 8.57. The summed E-state index contributed by atoms with van der Waals surface area (Å²) in [6.45, 7) is 0. The third kappa shape index (κ3) is 2.49. The predicted octanol–water partition coefficient (Wildman–Crippen LogP) is 2.58. The van der Waals surface area contributed by atoms with Crippen LogP contribution in [0.1, 0.15) is 24.3 Å². The Labute approximate surface area is 101 Å². The molecule has 1 aliphatic carbocycles. The molecule has 15 heavy (non-hydrogen) atoms. The second-order valence-corrected chi connectivity index (χ2v) is 6.43. The van der Waals surface area contributed by atoms with E-state index >= 15 is 0 Å². The average Bonchev–Trinajstić information content (AvgIpc) is 2.18. The molecular formula is C11H14BrNOS. The number of halogens is 1. The number of nitrogens with one attached hydrogen (secondary N) is 1. The monoisotopic (exact) mass is 287 g/mol. The van der Waals surface area contributed by atoms with Crippen LogP contribution in [0.4, 0.5) is 0 Å². The summed E-state index contributed by atoms with van der Waals surface area (Å²) in [7, 11) is 0.910. The molecule has 1 aliphatic rings. The number of rotatable bonds is 3. The number of hydrogen-bond donors (Lipinski definition) is 1. The van der Waals surface area contributed by atoms with E-state index in [4.69, 9.17) is 0 Å². The lowest BCUT2D eigenvalue weighted by Gasteiger charge is -2.34. The van der Waals surface area contributed by atoms with E-state index in [1.54, 1.807) is 7.05 Å². The van der Waals surface area contributed by atoms with Crippen molar-refractivity contribution < 1.29 is 4.21 Å². The summed E-state index contributed by atoms with van der Waals surface area (Å²) in [4.78, 5) is 0. The van der Waals surface area contributed by atoms with E-state index in [0.29, 0.717) is 11.2 Å². The molecule has 1 N–H and O–H groups in total. The summed E-state index contributed by atoms with van der Waals surface area (Å²) in [6, 6.07) is 8.43. The molecular weight excluding hydrogens is 274 g/mol. The quantitative estimate of drug-likeness (QED) is 0.910. The van der Waals surface area contributed by atoms with E-state index in [1.165, 1.54) is 5.56 Å². The van der Waals surface area contributed by atoms with Gasteiger partial charge in [0.1, 0.15) is 0 Å². The Bertz CT molecular complexity index is 359. The first-order chi connectivity index (χ1) is 7.20. The maximum atomic E-state index is 11.4. The Morgan fingerprint density at radius 2 is 1.93 bits per heavy atom. The fourth-order valence-electron chi connectivity index (χ4n) is 1.91. The summed E-state index contributed by atoms with van der Waals surface area (Å²) in [5, 5.41) is 0.337. The van der Waals surface area contributed by atoms with Gasteiger partial charge in [-0.15, -0.1) is 0 Å². The molecule has 1 aromatic carbocycles. The maximum absolute atomic E-state index is 11.4. The summed E-state index contributed by atoms with van der Waals surface area (Å²) in [5.41, 5.74) is 1.36. The van der Waals surface area contributed by atoms with Crippen LogP contribution in [-0.2, 0) is 11.0 Å². The molecule has 1 atom stereocenters. The molecule has 0 aliphatic heterocycles. The van der Waals surface area contributed by atoms with Gasteiger partial charge < -0.3 is 0 Å². The molecule has 1 aromatic rings. The molecule has 1 saturated carbocycles. The second-order valence-electron chi connectivity index (χ2n) is 3.84. The Balaban J connectivity index is 1.94. The van der Waals surface area contributed by atoms with Gasteiger partial charge in [-0.3, -0.25) is 0 Å². The molecule has 2 rings (SSSR count). The minimum Gasteiger partial charge on any atom is -0.243 e. The van der Waals surface area contributed by atoms with Crippen molar-refractivity contribution in [2.24, 2.45) is 0 Å². The van der Waals surface area contributed by atoms with Crippen molar-refractivity contribution in [1.82, 2.24) is 4.72 Å². The molecule has 1 fully saturated rings. The van der Waals surface area contributed by atoms with Crippen molar-refractivity contribution in [3.8, 4) is 0 Å². The van der Waals surface area contributed by atoms with Gasteiger partial charge in [0.25, 0.3) is 0 Å². The summed E-state index contributed by atoms with van der Waals surface area (Å²) in [6.07, 6.45) is 2.07. The fraction of sp³-hybridized carbons (Fsp3) is 0.455. The fourth-order valence-corrected chi connectivity index (χ4v) is 3.33. The van der Waals surface area contributed by atoms with E-state index in [9.17, 15) is 4.21 Å². The van der Waals surface area contributed by atoms with E-state index in [2.05, 4.69) is 44.9 Å².